The van der Waals surface area contributed by atoms with E-state index in [4.69, 9.17) is 0 Å². The van der Waals surface area contributed by atoms with E-state index in [0.29, 0.717) is 5.65 Å². The normalized spacial score (nSPS) is 15.9. The van der Waals surface area contributed by atoms with Gasteiger partial charge in [-0.1, -0.05) is 6.07 Å². The summed E-state index contributed by atoms with van der Waals surface area (Å²) in [5.41, 5.74) is 0.554. The minimum Gasteiger partial charge on any atom is -0.353 e. The Bertz CT molecular complexity index is 881. The van der Waals surface area contributed by atoms with Crippen LogP contribution in [0.1, 0.15) is 5.56 Å². The van der Waals surface area contributed by atoms with Crippen molar-refractivity contribution in [2.24, 2.45) is 0 Å². The van der Waals surface area contributed by atoms with Gasteiger partial charge >= 0.3 is 0 Å². The Morgan fingerprint density at radius 1 is 1.04 bits per heavy atom. The third-order valence-corrected chi connectivity index (χ3v) is 4.58. The Balaban J connectivity index is 1.69. The molecule has 0 N–H and O–H groups in total. The summed E-state index contributed by atoms with van der Waals surface area (Å²) in [5, 5.41) is 5.08. The molecule has 0 aliphatic carbocycles. The predicted molar refractivity (Wildman–Crippen MR) is 90.5 cm³/mol. The van der Waals surface area contributed by atoms with Crippen molar-refractivity contribution in [2.75, 3.05) is 38.1 Å². The highest BCUT2D eigenvalue weighted by Crippen LogP contribution is 2.24. The minimum absolute atomic E-state index is 0.0127. The summed E-state index contributed by atoms with van der Waals surface area (Å²) < 4.78 is 29.4. The van der Waals surface area contributed by atoms with Gasteiger partial charge in [-0.05, 0) is 19.2 Å². The van der Waals surface area contributed by atoms with Crippen LogP contribution < -0.4 is 4.90 Å². The molecule has 25 heavy (non-hydrogen) atoms. The highest BCUT2D eigenvalue weighted by Gasteiger charge is 2.20. The van der Waals surface area contributed by atoms with Crippen molar-refractivity contribution in [3.05, 3.63) is 47.9 Å². The average Bonchev–Trinajstić information content (AvgIpc) is 3.02. The number of nitrogens with zero attached hydrogens (tertiary/aromatic N) is 6. The molecule has 0 unspecified atom stereocenters. The van der Waals surface area contributed by atoms with Crippen LogP contribution in [-0.2, 0) is 6.54 Å². The average molecular weight is 344 g/mol. The van der Waals surface area contributed by atoms with Crippen LogP contribution in [0.3, 0.4) is 0 Å². The van der Waals surface area contributed by atoms with E-state index in [1.54, 1.807) is 6.20 Å². The van der Waals surface area contributed by atoms with Crippen molar-refractivity contribution in [1.82, 2.24) is 24.6 Å². The molecule has 0 spiro atoms. The maximum Gasteiger partial charge on any atom is 0.163 e. The lowest BCUT2D eigenvalue weighted by atomic mass is 10.2. The van der Waals surface area contributed by atoms with Gasteiger partial charge in [-0.3, -0.25) is 0 Å². The summed E-state index contributed by atoms with van der Waals surface area (Å²) in [6.07, 6.45) is 3.15. The van der Waals surface area contributed by atoms with Crippen molar-refractivity contribution in [2.45, 2.75) is 6.54 Å². The predicted octanol–water partition coefficient (Wildman–Crippen LogP) is 1.90. The largest absolute Gasteiger partial charge is 0.353 e. The van der Waals surface area contributed by atoms with E-state index in [2.05, 4.69) is 31.9 Å². The standard InChI is InChI=1S/C17H18F2N6/c1-23-5-7-24(8-6-23)16-12-9-22-25(17(12)21-11-20-16)10-13-14(18)3-2-4-15(13)19/h2-4,9,11H,5-8,10H2,1H3. The minimum atomic E-state index is -0.586. The van der Waals surface area contributed by atoms with Gasteiger partial charge in [0.2, 0.25) is 0 Å². The first kappa shape index (κ1) is 15.9. The fourth-order valence-electron chi connectivity index (χ4n) is 3.10. The maximum atomic E-state index is 13.9. The van der Waals surface area contributed by atoms with Gasteiger partial charge in [-0.15, -0.1) is 0 Å². The smallest absolute Gasteiger partial charge is 0.163 e. The Kier molecular flexibility index (Phi) is 4.04. The van der Waals surface area contributed by atoms with Crippen LogP contribution >= 0.6 is 0 Å². The fraction of sp³-hybridized carbons (Fsp3) is 0.353. The molecule has 1 fully saturated rings. The second-order valence-electron chi connectivity index (χ2n) is 6.23. The molecule has 1 aromatic carbocycles. The first-order valence-corrected chi connectivity index (χ1v) is 8.16. The van der Waals surface area contributed by atoms with E-state index >= 15 is 0 Å². The first-order chi connectivity index (χ1) is 12.1. The SMILES string of the molecule is CN1CCN(c2ncnc3c2cnn3Cc2c(F)cccc2F)CC1. The highest BCUT2D eigenvalue weighted by atomic mass is 19.1. The van der Waals surface area contributed by atoms with Crippen LogP contribution in [-0.4, -0.2) is 57.9 Å². The van der Waals surface area contributed by atoms with Gasteiger partial charge in [-0.25, -0.2) is 23.4 Å². The lowest BCUT2D eigenvalue weighted by molar-refractivity contribution is 0.312. The maximum absolute atomic E-state index is 13.9. The molecule has 0 bridgehead atoms. The summed E-state index contributed by atoms with van der Waals surface area (Å²) in [4.78, 5) is 13.1. The number of hydrogen-bond donors (Lipinski definition) is 0. The molecule has 1 aliphatic heterocycles. The van der Waals surface area contributed by atoms with Crippen molar-refractivity contribution in [3.8, 4) is 0 Å². The molecular weight excluding hydrogens is 326 g/mol. The van der Waals surface area contributed by atoms with E-state index in [1.807, 2.05) is 0 Å². The summed E-state index contributed by atoms with van der Waals surface area (Å²) in [6.45, 7) is 3.65. The van der Waals surface area contributed by atoms with Crippen LogP contribution in [0.15, 0.2) is 30.7 Å². The summed E-state index contributed by atoms with van der Waals surface area (Å²) >= 11 is 0. The van der Waals surface area contributed by atoms with E-state index in [9.17, 15) is 8.78 Å². The lowest BCUT2D eigenvalue weighted by Crippen LogP contribution is -2.44. The molecule has 0 amide bonds. The lowest BCUT2D eigenvalue weighted by Gasteiger charge is -2.33. The molecule has 0 saturated carbocycles. The van der Waals surface area contributed by atoms with Gasteiger partial charge in [0.25, 0.3) is 0 Å². The zero-order chi connectivity index (χ0) is 17.4. The number of benzene rings is 1. The number of likely N-dealkylation sites (N-methyl/N-ethyl adjacent to an activating group) is 1. The monoisotopic (exact) mass is 344 g/mol. The Morgan fingerprint density at radius 2 is 1.76 bits per heavy atom. The molecule has 130 valence electrons. The molecule has 2 aromatic heterocycles. The van der Waals surface area contributed by atoms with E-state index in [1.165, 1.54) is 29.2 Å². The molecular formula is C17H18F2N6. The van der Waals surface area contributed by atoms with Gasteiger partial charge in [0.15, 0.2) is 5.65 Å². The summed E-state index contributed by atoms with van der Waals surface area (Å²) in [5.74, 6) is -0.354. The van der Waals surface area contributed by atoms with Gasteiger partial charge in [0.1, 0.15) is 23.8 Å². The number of hydrogen-bond acceptors (Lipinski definition) is 5. The molecule has 1 aliphatic rings. The number of halogens is 2. The number of anilines is 1. The quantitative estimate of drug-likeness (QED) is 0.726. The van der Waals surface area contributed by atoms with Crippen LogP contribution in [0.2, 0.25) is 0 Å². The van der Waals surface area contributed by atoms with Crippen LogP contribution in [0.4, 0.5) is 14.6 Å². The Labute approximate surface area is 143 Å². The van der Waals surface area contributed by atoms with Crippen molar-refractivity contribution >= 4 is 16.9 Å². The number of rotatable bonds is 3. The molecule has 3 aromatic rings. The van der Waals surface area contributed by atoms with Crippen molar-refractivity contribution < 1.29 is 8.78 Å². The zero-order valence-corrected chi connectivity index (χ0v) is 13.9. The highest BCUT2D eigenvalue weighted by molar-refractivity contribution is 5.86. The van der Waals surface area contributed by atoms with Gasteiger partial charge < -0.3 is 9.80 Å². The fourth-order valence-corrected chi connectivity index (χ4v) is 3.10. The summed E-state index contributed by atoms with van der Waals surface area (Å²) in [7, 11) is 2.09. The van der Waals surface area contributed by atoms with Crippen molar-refractivity contribution in [1.29, 1.82) is 0 Å². The number of piperazine rings is 1. The summed E-state index contributed by atoms with van der Waals surface area (Å²) in [6, 6.07) is 3.84. The molecule has 1 saturated heterocycles. The van der Waals surface area contributed by atoms with Crippen molar-refractivity contribution in [3.63, 3.8) is 0 Å². The second-order valence-corrected chi connectivity index (χ2v) is 6.23. The first-order valence-electron chi connectivity index (χ1n) is 8.16. The molecule has 8 heteroatoms. The Morgan fingerprint density at radius 3 is 2.48 bits per heavy atom. The van der Waals surface area contributed by atoms with E-state index < -0.39 is 11.6 Å². The van der Waals surface area contributed by atoms with Gasteiger partial charge in [0.05, 0.1) is 18.1 Å². The molecule has 3 heterocycles. The topological polar surface area (TPSA) is 50.1 Å². The van der Waals surface area contributed by atoms with Gasteiger partial charge in [-0.2, -0.15) is 5.10 Å². The molecule has 0 radical (unpaired) electrons. The van der Waals surface area contributed by atoms with Crippen LogP contribution in [0, 0.1) is 11.6 Å². The second kappa shape index (κ2) is 6.36. The number of aromatic nitrogens is 4. The van der Waals surface area contributed by atoms with Gasteiger partial charge in [0, 0.05) is 31.7 Å². The van der Waals surface area contributed by atoms with E-state index in [-0.39, 0.29) is 12.1 Å². The number of fused-ring (bicyclic) bond motifs is 1. The molecule has 4 rings (SSSR count). The zero-order valence-electron chi connectivity index (χ0n) is 13.9. The Hall–Kier alpha value is -2.61. The molecule has 0 atom stereocenters. The van der Waals surface area contributed by atoms with E-state index in [0.717, 1.165) is 37.4 Å². The third-order valence-electron chi connectivity index (χ3n) is 4.58. The third kappa shape index (κ3) is 2.93. The molecule has 6 nitrogen and oxygen atoms in total. The van der Waals surface area contributed by atoms with Crippen LogP contribution in [0.25, 0.3) is 11.0 Å². The van der Waals surface area contributed by atoms with Crippen LogP contribution in [0.5, 0.6) is 0 Å².